The number of nitrogens with two attached hydrogens (primary N) is 1. The van der Waals surface area contributed by atoms with Crippen LogP contribution < -0.4 is 5.84 Å². The molecule has 0 spiro atoms. The van der Waals surface area contributed by atoms with Gasteiger partial charge in [0.25, 0.3) is 0 Å². The molecule has 9 heteroatoms. The van der Waals surface area contributed by atoms with E-state index >= 15 is 0 Å². The molecule has 3 heterocycles. The van der Waals surface area contributed by atoms with Gasteiger partial charge in [0.15, 0.2) is 0 Å². The number of piperidine rings is 1. The fourth-order valence-electron chi connectivity index (χ4n) is 4.03. The van der Waals surface area contributed by atoms with Crippen LogP contribution >= 0.6 is 15.9 Å². The molecule has 1 aromatic carbocycles. The summed E-state index contributed by atoms with van der Waals surface area (Å²) in [5.41, 5.74) is 2.62. The second-order valence-electron chi connectivity index (χ2n) is 7.58. The molecule has 0 bridgehead atoms. The molecule has 3 aliphatic heterocycles. The first-order valence-electron chi connectivity index (χ1n) is 9.87. The standard InChI is InChI=1S/C21H25BrN5O3/c1-29-14-17-8-7-16(19-18-11-24-9-10-27(18,23)20(22)25-19)12-26(17)21(28)30-13-15-5-3-2-4-6-15/h2-6,9-11,16-17H,7-8,12-14,23H2,1H3/q+1. The topological polar surface area (TPSA) is 89.5 Å². The summed E-state index contributed by atoms with van der Waals surface area (Å²) in [7, 11) is 1.65. The molecule has 158 valence electrons. The van der Waals surface area contributed by atoms with Crippen LogP contribution in [-0.4, -0.2) is 52.8 Å². The summed E-state index contributed by atoms with van der Waals surface area (Å²) in [5, 5.41) is 0. The van der Waals surface area contributed by atoms with Crippen LogP contribution in [-0.2, 0) is 16.1 Å². The lowest BCUT2D eigenvalue weighted by Crippen LogP contribution is -2.51. The van der Waals surface area contributed by atoms with Gasteiger partial charge in [0.05, 0.1) is 25.1 Å². The molecule has 0 aromatic heterocycles. The molecule has 3 aliphatic rings. The van der Waals surface area contributed by atoms with Crippen LogP contribution in [0.25, 0.3) is 0 Å². The number of amidine groups is 1. The Morgan fingerprint density at radius 3 is 2.90 bits per heavy atom. The van der Waals surface area contributed by atoms with Gasteiger partial charge in [0.2, 0.25) is 5.70 Å². The van der Waals surface area contributed by atoms with Gasteiger partial charge in [-0.3, -0.25) is 4.99 Å². The molecule has 4 rings (SSSR count). The number of methoxy groups -OCH3 is 1. The highest BCUT2D eigenvalue weighted by molar-refractivity contribution is 9.18. The van der Waals surface area contributed by atoms with Crippen LogP contribution in [0.2, 0.25) is 0 Å². The third-order valence-corrected chi connectivity index (χ3v) is 6.42. The SMILES string of the molecule is COCC1CCC(C2=C3C=NC=C[N+]3(N)C(Br)=N2)CN1C(=O)OCc1ccccc1. The smallest absolute Gasteiger partial charge is 0.410 e. The first-order chi connectivity index (χ1) is 14.5. The number of halogens is 1. The van der Waals surface area contributed by atoms with Gasteiger partial charge in [0, 0.05) is 35.5 Å². The molecule has 3 atom stereocenters. The highest BCUT2D eigenvalue weighted by Crippen LogP contribution is 2.38. The maximum Gasteiger partial charge on any atom is 0.410 e. The summed E-state index contributed by atoms with van der Waals surface area (Å²) in [4.78, 5) is 23.6. The Labute approximate surface area is 184 Å². The number of nitrogens with zero attached hydrogens (tertiary/aromatic N) is 4. The zero-order valence-electron chi connectivity index (χ0n) is 16.8. The van der Waals surface area contributed by atoms with Gasteiger partial charge in [-0.2, -0.15) is 10.8 Å². The van der Waals surface area contributed by atoms with E-state index in [0.29, 0.717) is 17.9 Å². The van der Waals surface area contributed by atoms with Gasteiger partial charge in [-0.05, 0) is 18.4 Å². The van der Waals surface area contributed by atoms with Crippen LogP contribution in [0.5, 0.6) is 0 Å². The summed E-state index contributed by atoms with van der Waals surface area (Å²) < 4.78 is 11.5. The number of aliphatic imine (C=N–C) groups is 2. The van der Waals surface area contributed by atoms with Crippen molar-refractivity contribution in [2.24, 2.45) is 21.7 Å². The largest absolute Gasteiger partial charge is 0.445 e. The van der Waals surface area contributed by atoms with Crippen molar-refractivity contribution < 1.29 is 18.9 Å². The highest BCUT2D eigenvalue weighted by Gasteiger charge is 2.46. The molecule has 1 fully saturated rings. The molecule has 1 saturated heterocycles. The Kier molecular flexibility index (Phi) is 6.14. The minimum atomic E-state index is -0.344. The Morgan fingerprint density at radius 1 is 1.33 bits per heavy atom. The van der Waals surface area contributed by atoms with Gasteiger partial charge in [-0.25, -0.2) is 4.79 Å². The van der Waals surface area contributed by atoms with E-state index in [-0.39, 0.29) is 29.3 Å². The lowest BCUT2D eigenvalue weighted by molar-refractivity contribution is -0.746. The van der Waals surface area contributed by atoms with Gasteiger partial charge in [-0.1, -0.05) is 30.3 Å². The highest BCUT2D eigenvalue weighted by atomic mass is 79.9. The third-order valence-electron chi connectivity index (χ3n) is 5.66. The first-order valence-corrected chi connectivity index (χ1v) is 10.7. The molecular formula is C21H25BrN5O3+. The third kappa shape index (κ3) is 3.98. The second-order valence-corrected chi connectivity index (χ2v) is 8.29. The van der Waals surface area contributed by atoms with Crippen LogP contribution in [0.1, 0.15) is 18.4 Å². The summed E-state index contributed by atoms with van der Waals surface area (Å²) in [6.45, 7) is 1.19. The van der Waals surface area contributed by atoms with Gasteiger partial charge >= 0.3 is 10.8 Å². The number of allylic oxidation sites excluding steroid dienone is 1. The number of amides is 1. The van der Waals surface area contributed by atoms with E-state index in [1.165, 1.54) is 0 Å². The lowest BCUT2D eigenvalue weighted by Gasteiger charge is -2.38. The summed E-state index contributed by atoms with van der Waals surface area (Å²) >= 11 is 3.49. The summed E-state index contributed by atoms with van der Waals surface area (Å²) in [6, 6.07) is 9.62. The van der Waals surface area contributed by atoms with Crippen molar-refractivity contribution in [2.45, 2.75) is 25.5 Å². The Morgan fingerprint density at radius 2 is 2.13 bits per heavy atom. The Bertz CT molecular complexity index is 930. The molecule has 0 radical (unpaired) electrons. The van der Waals surface area contributed by atoms with Gasteiger partial charge in [0.1, 0.15) is 18.5 Å². The van der Waals surface area contributed by atoms with E-state index in [0.717, 1.165) is 29.8 Å². The first kappa shape index (κ1) is 20.9. The number of benzene rings is 1. The molecule has 8 nitrogen and oxygen atoms in total. The molecule has 1 amide bonds. The number of hydrogen-bond acceptors (Lipinski definition) is 6. The quantitative estimate of drug-likeness (QED) is 0.402. The van der Waals surface area contributed by atoms with Crippen molar-refractivity contribution >= 4 is 33.0 Å². The van der Waals surface area contributed by atoms with E-state index in [9.17, 15) is 4.79 Å². The molecule has 30 heavy (non-hydrogen) atoms. The van der Waals surface area contributed by atoms with E-state index in [4.69, 9.17) is 20.3 Å². The molecule has 1 aromatic rings. The number of carbonyl (C=O) groups is 1. The number of rotatable bonds is 5. The Hall–Kier alpha value is -2.33. The minimum absolute atomic E-state index is 0.0325. The number of likely N-dealkylation sites (tertiary alicyclic amines) is 1. The second kappa shape index (κ2) is 8.81. The molecule has 2 N–H and O–H groups in total. The lowest BCUT2D eigenvalue weighted by atomic mass is 9.90. The van der Waals surface area contributed by atoms with E-state index < -0.39 is 0 Å². The predicted octanol–water partition coefficient (Wildman–Crippen LogP) is 3.27. The van der Waals surface area contributed by atoms with E-state index in [1.807, 2.05) is 30.3 Å². The number of ether oxygens (including phenoxy) is 2. The zero-order valence-corrected chi connectivity index (χ0v) is 18.4. The van der Waals surface area contributed by atoms with Crippen molar-refractivity contribution in [2.75, 3.05) is 20.3 Å². The van der Waals surface area contributed by atoms with Gasteiger partial charge < -0.3 is 14.4 Å². The van der Waals surface area contributed by atoms with Crippen molar-refractivity contribution in [3.05, 3.63) is 59.7 Å². The van der Waals surface area contributed by atoms with Crippen molar-refractivity contribution in [3.63, 3.8) is 0 Å². The van der Waals surface area contributed by atoms with Crippen molar-refractivity contribution in [1.82, 2.24) is 4.90 Å². The van der Waals surface area contributed by atoms with E-state index in [1.54, 1.807) is 30.6 Å². The minimum Gasteiger partial charge on any atom is -0.445 e. The molecule has 0 aliphatic carbocycles. The maximum absolute atomic E-state index is 12.9. The predicted molar refractivity (Wildman–Crippen MR) is 117 cm³/mol. The van der Waals surface area contributed by atoms with Crippen LogP contribution in [0.15, 0.2) is 64.1 Å². The normalized spacial score (nSPS) is 27.8. The number of hydrogen-bond donors (Lipinski definition) is 1. The number of fused-ring (bicyclic) bond motifs is 1. The van der Waals surface area contributed by atoms with Crippen molar-refractivity contribution in [3.8, 4) is 0 Å². The monoisotopic (exact) mass is 474 g/mol. The van der Waals surface area contributed by atoms with Crippen LogP contribution in [0, 0.1) is 5.92 Å². The Balaban J connectivity index is 1.52. The van der Waals surface area contributed by atoms with Crippen molar-refractivity contribution in [1.29, 1.82) is 0 Å². The summed E-state index contributed by atoms with van der Waals surface area (Å²) in [6.07, 6.45) is 6.50. The van der Waals surface area contributed by atoms with Gasteiger partial charge in [-0.15, -0.1) is 4.59 Å². The fourth-order valence-corrected chi connectivity index (χ4v) is 4.53. The molecular weight excluding hydrogens is 450 g/mol. The van der Waals surface area contributed by atoms with E-state index in [2.05, 4.69) is 20.9 Å². The molecule has 0 saturated carbocycles. The summed E-state index contributed by atoms with van der Waals surface area (Å²) in [5.74, 6) is 6.52. The molecule has 3 unspecified atom stereocenters. The maximum atomic E-state index is 12.9. The number of carbonyl (C=O) groups excluding carboxylic acids is 1. The fraction of sp³-hybridized carbons (Fsp3) is 0.381. The van der Waals surface area contributed by atoms with Crippen LogP contribution in [0.4, 0.5) is 4.79 Å². The zero-order chi connectivity index (χ0) is 21.1. The van der Waals surface area contributed by atoms with Crippen LogP contribution in [0.3, 0.4) is 0 Å². The average Bonchev–Trinajstić information content (AvgIpc) is 3.04. The average molecular weight is 475 g/mol. The number of quaternary nitrogens is 1.